The predicted molar refractivity (Wildman–Crippen MR) is 131 cm³/mol. The van der Waals surface area contributed by atoms with Gasteiger partial charge in [-0.3, -0.25) is 9.78 Å². The van der Waals surface area contributed by atoms with Gasteiger partial charge in [-0.05, 0) is 55.4 Å². The van der Waals surface area contributed by atoms with E-state index in [2.05, 4.69) is 47.9 Å². The van der Waals surface area contributed by atoms with Crippen LogP contribution in [0.2, 0.25) is 0 Å². The first-order chi connectivity index (χ1) is 15.6. The van der Waals surface area contributed by atoms with E-state index >= 15 is 0 Å². The monoisotopic (exact) mass is 553 g/mol. The van der Waals surface area contributed by atoms with E-state index in [1.54, 1.807) is 30.3 Å². The van der Waals surface area contributed by atoms with Crippen molar-refractivity contribution in [3.8, 4) is 22.8 Å². The molecule has 0 saturated heterocycles. The van der Waals surface area contributed by atoms with Gasteiger partial charge in [-0.25, -0.2) is 4.98 Å². The van der Waals surface area contributed by atoms with Crippen LogP contribution in [0.1, 0.15) is 10.4 Å². The molecule has 5 rings (SSSR count). The minimum Gasteiger partial charge on any atom is -0.494 e. The molecule has 3 heterocycles. The summed E-state index contributed by atoms with van der Waals surface area (Å²) in [5.74, 6) is 0.929. The number of aromatic nitrogens is 2. The molecule has 32 heavy (non-hydrogen) atoms. The van der Waals surface area contributed by atoms with Gasteiger partial charge in [-0.15, -0.1) is 0 Å². The van der Waals surface area contributed by atoms with Crippen molar-refractivity contribution < 1.29 is 14.3 Å². The number of fused-ring (bicyclic) bond motifs is 2. The number of methoxy groups -OCH3 is 1. The second-order valence-electron chi connectivity index (χ2n) is 7.23. The lowest BCUT2D eigenvalue weighted by Gasteiger charge is -2.29. The molecular formula is C24H17Br2N3O3. The molecule has 0 bridgehead atoms. The SMILES string of the molecule is COc1c(Br)cc(C(=O)N2CCOc3ncc(-c4cncc5ccccc45)cc32)cc1Br. The van der Waals surface area contributed by atoms with Crippen molar-refractivity contribution in [2.75, 3.05) is 25.2 Å². The number of amides is 1. The number of rotatable bonds is 3. The van der Waals surface area contributed by atoms with Crippen LogP contribution in [-0.2, 0) is 0 Å². The maximum atomic E-state index is 13.5. The highest BCUT2D eigenvalue weighted by atomic mass is 79.9. The molecule has 0 saturated carbocycles. The Bertz CT molecular complexity index is 1330. The van der Waals surface area contributed by atoms with Gasteiger partial charge in [0, 0.05) is 40.7 Å². The van der Waals surface area contributed by atoms with Crippen LogP contribution < -0.4 is 14.4 Å². The van der Waals surface area contributed by atoms with Gasteiger partial charge in [-0.2, -0.15) is 0 Å². The number of ether oxygens (including phenoxy) is 2. The van der Waals surface area contributed by atoms with Crippen LogP contribution in [0.4, 0.5) is 5.69 Å². The highest BCUT2D eigenvalue weighted by molar-refractivity contribution is 9.11. The molecule has 0 N–H and O–H groups in total. The molecule has 0 spiro atoms. The number of benzene rings is 2. The van der Waals surface area contributed by atoms with Crippen molar-refractivity contribution in [1.82, 2.24) is 9.97 Å². The summed E-state index contributed by atoms with van der Waals surface area (Å²) in [6.45, 7) is 0.797. The van der Waals surface area contributed by atoms with E-state index in [1.165, 1.54) is 0 Å². The fraction of sp³-hybridized carbons (Fsp3) is 0.125. The van der Waals surface area contributed by atoms with Crippen molar-refractivity contribution in [2.45, 2.75) is 0 Å². The first kappa shape index (κ1) is 20.9. The number of hydrogen-bond donors (Lipinski definition) is 0. The quantitative estimate of drug-likeness (QED) is 0.317. The molecule has 1 aliphatic heterocycles. The Morgan fingerprint density at radius 3 is 2.66 bits per heavy atom. The van der Waals surface area contributed by atoms with Gasteiger partial charge >= 0.3 is 0 Å². The Morgan fingerprint density at radius 1 is 1.09 bits per heavy atom. The number of nitrogens with zero attached hydrogens (tertiary/aromatic N) is 3. The molecule has 0 fully saturated rings. The van der Waals surface area contributed by atoms with E-state index in [9.17, 15) is 4.79 Å². The third-order valence-corrected chi connectivity index (χ3v) is 6.53. The van der Waals surface area contributed by atoms with Crippen LogP contribution >= 0.6 is 31.9 Å². The van der Waals surface area contributed by atoms with Crippen LogP contribution in [0.5, 0.6) is 11.6 Å². The Balaban J connectivity index is 1.58. The average Bonchev–Trinajstić information content (AvgIpc) is 2.82. The summed E-state index contributed by atoms with van der Waals surface area (Å²) in [6.07, 6.45) is 5.42. The maximum Gasteiger partial charge on any atom is 0.258 e. The molecule has 2 aromatic heterocycles. The Kier molecular flexibility index (Phi) is 5.57. The van der Waals surface area contributed by atoms with Crippen LogP contribution in [0, 0.1) is 0 Å². The van der Waals surface area contributed by atoms with Crippen LogP contribution in [0.25, 0.3) is 21.9 Å². The third kappa shape index (κ3) is 3.63. The van der Waals surface area contributed by atoms with E-state index < -0.39 is 0 Å². The lowest BCUT2D eigenvalue weighted by molar-refractivity contribution is 0.0975. The van der Waals surface area contributed by atoms with Crippen molar-refractivity contribution in [2.24, 2.45) is 0 Å². The molecule has 160 valence electrons. The first-order valence-corrected chi connectivity index (χ1v) is 11.5. The zero-order valence-corrected chi connectivity index (χ0v) is 20.2. The maximum absolute atomic E-state index is 13.5. The van der Waals surface area contributed by atoms with Gasteiger partial charge in [-0.1, -0.05) is 24.3 Å². The fourth-order valence-electron chi connectivity index (χ4n) is 3.84. The average molecular weight is 555 g/mol. The molecule has 6 nitrogen and oxygen atoms in total. The molecule has 0 aliphatic carbocycles. The highest BCUT2D eigenvalue weighted by Crippen LogP contribution is 2.38. The summed E-state index contributed by atoms with van der Waals surface area (Å²) in [5, 5.41) is 2.11. The number of anilines is 1. The van der Waals surface area contributed by atoms with E-state index in [-0.39, 0.29) is 5.91 Å². The first-order valence-electron chi connectivity index (χ1n) is 9.87. The van der Waals surface area contributed by atoms with Crippen molar-refractivity contribution in [3.63, 3.8) is 0 Å². The Hall–Kier alpha value is -2.97. The second kappa shape index (κ2) is 8.52. The van der Waals surface area contributed by atoms with E-state index in [0.29, 0.717) is 45.0 Å². The van der Waals surface area contributed by atoms with Gasteiger partial charge in [0.25, 0.3) is 5.91 Å². The summed E-state index contributed by atoms with van der Waals surface area (Å²) in [7, 11) is 1.58. The zero-order valence-electron chi connectivity index (χ0n) is 17.0. The number of pyridine rings is 2. The third-order valence-electron chi connectivity index (χ3n) is 5.35. The number of carbonyl (C=O) groups is 1. The molecule has 0 unspecified atom stereocenters. The molecule has 1 aliphatic rings. The van der Waals surface area contributed by atoms with Crippen molar-refractivity contribution >= 4 is 54.2 Å². The van der Waals surface area contributed by atoms with Crippen molar-refractivity contribution in [3.05, 3.63) is 75.6 Å². The molecule has 1 amide bonds. The highest BCUT2D eigenvalue weighted by Gasteiger charge is 2.27. The normalized spacial score (nSPS) is 12.9. The molecule has 8 heteroatoms. The van der Waals surface area contributed by atoms with Crippen LogP contribution in [0.15, 0.2) is 70.0 Å². The Morgan fingerprint density at radius 2 is 1.88 bits per heavy atom. The summed E-state index contributed by atoms with van der Waals surface area (Å²) < 4.78 is 12.5. The van der Waals surface area contributed by atoms with Crippen molar-refractivity contribution in [1.29, 1.82) is 0 Å². The largest absolute Gasteiger partial charge is 0.494 e. The molecule has 0 radical (unpaired) electrons. The Labute approximate surface area is 201 Å². The molecule has 2 aromatic carbocycles. The topological polar surface area (TPSA) is 64.5 Å². The predicted octanol–water partition coefficient (Wildman–Crippen LogP) is 5.87. The van der Waals surface area contributed by atoms with Gasteiger partial charge in [0.05, 0.1) is 22.6 Å². The lowest BCUT2D eigenvalue weighted by atomic mass is 10.0. The van der Waals surface area contributed by atoms with E-state index in [4.69, 9.17) is 9.47 Å². The van der Waals surface area contributed by atoms with E-state index in [1.807, 2.05) is 36.7 Å². The smallest absolute Gasteiger partial charge is 0.258 e. The van der Waals surface area contributed by atoms with Gasteiger partial charge in [0.15, 0.2) is 0 Å². The lowest BCUT2D eigenvalue weighted by Crippen LogP contribution is -2.38. The minimum atomic E-state index is -0.145. The summed E-state index contributed by atoms with van der Waals surface area (Å²) in [6, 6.07) is 13.5. The standard InChI is InChI=1S/C24H17Br2N3O3/c1-31-22-19(25)8-15(9-20(22)26)24(30)29-6-7-32-23-21(29)10-16(12-28-23)18-13-27-11-14-4-2-3-5-17(14)18/h2-5,8-13H,6-7H2,1H3. The second-order valence-corrected chi connectivity index (χ2v) is 8.94. The minimum absolute atomic E-state index is 0.145. The summed E-state index contributed by atoms with van der Waals surface area (Å²) >= 11 is 6.96. The van der Waals surface area contributed by atoms with Crippen LogP contribution in [-0.4, -0.2) is 36.1 Å². The van der Waals surface area contributed by atoms with Gasteiger partial charge < -0.3 is 14.4 Å². The van der Waals surface area contributed by atoms with Crippen LogP contribution in [0.3, 0.4) is 0 Å². The summed E-state index contributed by atoms with van der Waals surface area (Å²) in [4.78, 5) is 24.1. The van der Waals surface area contributed by atoms with Gasteiger partial charge in [0.1, 0.15) is 18.0 Å². The number of hydrogen-bond acceptors (Lipinski definition) is 5. The molecule has 0 atom stereocenters. The molecular weight excluding hydrogens is 538 g/mol. The number of halogens is 2. The number of carbonyl (C=O) groups excluding carboxylic acids is 1. The van der Waals surface area contributed by atoms with E-state index in [0.717, 1.165) is 21.9 Å². The van der Waals surface area contributed by atoms with Gasteiger partial charge in [0.2, 0.25) is 5.88 Å². The fourth-order valence-corrected chi connectivity index (χ4v) is 5.35. The summed E-state index contributed by atoms with van der Waals surface area (Å²) in [5.41, 5.74) is 2.98. The molecule has 4 aromatic rings. The zero-order chi connectivity index (χ0) is 22.2.